The highest BCUT2D eigenvalue weighted by atomic mass is 79.9. The van der Waals surface area contributed by atoms with E-state index in [9.17, 15) is 5.11 Å². The first-order valence-corrected chi connectivity index (χ1v) is 7.51. The van der Waals surface area contributed by atoms with Gasteiger partial charge in [-0.05, 0) is 36.8 Å². The number of hydrogen-bond donors (Lipinski definition) is 1. The normalized spacial score (nSPS) is 12.2. The van der Waals surface area contributed by atoms with Crippen molar-refractivity contribution >= 4 is 27.7 Å². The Morgan fingerprint density at radius 3 is 2.58 bits per heavy atom. The van der Waals surface area contributed by atoms with Crippen molar-refractivity contribution in [2.45, 2.75) is 22.8 Å². The van der Waals surface area contributed by atoms with Crippen LogP contribution in [0.15, 0.2) is 56.7 Å². The molecule has 2 aromatic rings. The second-order valence-corrected chi connectivity index (χ2v) is 6.11. The molecule has 2 nitrogen and oxygen atoms in total. The highest BCUT2D eigenvalue weighted by Crippen LogP contribution is 2.39. The smallest absolute Gasteiger partial charge is 0.132 e. The van der Waals surface area contributed by atoms with Gasteiger partial charge in [-0.3, -0.25) is 0 Å². The van der Waals surface area contributed by atoms with Crippen molar-refractivity contribution in [2.75, 3.05) is 7.11 Å². The lowest BCUT2D eigenvalue weighted by Gasteiger charge is -2.13. The molecule has 0 saturated carbocycles. The quantitative estimate of drug-likeness (QED) is 0.878. The molecule has 1 unspecified atom stereocenters. The number of methoxy groups -OCH3 is 1. The standard InChI is InChI=1S/C15H15BrO2S/c1-10(17)12-8-7-11(16)9-15(12)19-14-6-4-3-5-13(14)18-2/h3-10,17H,1-2H3. The van der Waals surface area contributed by atoms with Crippen LogP contribution >= 0.6 is 27.7 Å². The molecule has 0 spiro atoms. The first kappa shape index (κ1) is 14.4. The molecule has 0 saturated heterocycles. The number of para-hydroxylation sites is 1. The van der Waals surface area contributed by atoms with Crippen molar-refractivity contribution in [3.05, 3.63) is 52.5 Å². The number of aliphatic hydroxyl groups is 1. The largest absolute Gasteiger partial charge is 0.496 e. The molecule has 0 fully saturated rings. The highest BCUT2D eigenvalue weighted by molar-refractivity contribution is 9.10. The molecule has 0 radical (unpaired) electrons. The zero-order chi connectivity index (χ0) is 13.8. The second kappa shape index (κ2) is 6.46. The predicted octanol–water partition coefficient (Wildman–Crippen LogP) is 4.66. The van der Waals surface area contributed by atoms with Crippen molar-refractivity contribution in [1.29, 1.82) is 0 Å². The van der Waals surface area contributed by atoms with Crippen LogP contribution in [0, 0.1) is 0 Å². The molecular weight excluding hydrogens is 324 g/mol. The Morgan fingerprint density at radius 2 is 1.89 bits per heavy atom. The molecule has 4 heteroatoms. The molecule has 0 aliphatic heterocycles. The summed E-state index contributed by atoms with van der Waals surface area (Å²) in [6, 6.07) is 13.8. The van der Waals surface area contributed by atoms with Gasteiger partial charge in [0.2, 0.25) is 0 Å². The summed E-state index contributed by atoms with van der Waals surface area (Å²) in [6.07, 6.45) is -0.495. The van der Waals surface area contributed by atoms with Gasteiger partial charge in [0.15, 0.2) is 0 Å². The van der Waals surface area contributed by atoms with E-state index in [1.54, 1.807) is 25.8 Å². The van der Waals surface area contributed by atoms with Gasteiger partial charge in [0.1, 0.15) is 5.75 Å². The first-order valence-electron chi connectivity index (χ1n) is 5.90. The van der Waals surface area contributed by atoms with E-state index < -0.39 is 6.10 Å². The van der Waals surface area contributed by atoms with Gasteiger partial charge in [0.25, 0.3) is 0 Å². The zero-order valence-electron chi connectivity index (χ0n) is 10.8. The lowest BCUT2D eigenvalue weighted by atomic mass is 10.1. The summed E-state index contributed by atoms with van der Waals surface area (Å²) in [5.41, 5.74) is 0.916. The van der Waals surface area contributed by atoms with Crippen molar-refractivity contribution < 1.29 is 9.84 Å². The van der Waals surface area contributed by atoms with E-state index in [2.05, 4.69) is 15.9 Å². The lowest BCUT2D eigenvalue weighted by molar-refractivity contribution is 0.196. The Bertz CT molecular complexity index is 570. The van der Waals surface area contributed by atoms with E-state index in [1.807, 2.05) is 42.5 Å². The van der Waals surface area contributed by atoms with E-state index in [0.717, 1.165) is 25.6 Å². The molecule has 0 aliphatic rings. The maximum Gasteiger partial charge on any atom is 0.132 e. The minimum absolute atomic E-state index is 0.495. The van der Waals surface area contributed by atoms with Crippen molar-refractivity contribution in [2.24, 2.45) is 0 Å². The number of hydrogen-bond acceptors (Lipinski definition) is 3. The number of rotatable bonds is 4. The fourth-order valence-corrected chi connectivity index (χ4v) is 3.45. The van der Waals surface area contributed by atoms with Gasteiger partial charge >= 0.3 is 0 Å². The first-order chi connectivity index (χ1) is 9.11. The number of halogens is 1. The van der Waals surface area contributed by atoms with Crippen LogP contribution in [0.3, 0.4) is 0 Å². The molecule has 0 amide bonds. The SMILES string of the molecule is COc1ccccc1Sc1cc(Br)ccc1C(C)O. The summed E-state index contributed by atoms with van der Waals surface area (Å²) >= 11 is 5.06. The van der Waals surface area contributed by atoms with Crippen LogP contribution in [0.2, 0.25) is 0 Å². The maximum absolute atomic E-state index is 9.84. The van der Waals surface area contributed by atoms with E-state index in [4.69, 9.17) is 4.74 Å². The average Bonchev–Trinajstić information content (AvgIpc) is 2.39. The number of ether oxygens (including phenoxy) is 1. The fraction of sp³-hybridized carbons (Fsp3) is 0.200. The molecule has 2 aromatic carbocycles. The Hall–Kier alpha value is -0.970. The molecule has 0 bridgehead atoms. The van der Waals surface area contributed by atoms with Crippen molar-refractivity contribution in [1.82, 2.24) is 0 Å². The van der Waals surface area contributed by atoms with E-state index in [0.29, 0.717) is 0 Å². The van der Waals surface area contributed by atoms with Crippen molar-refractivity contribution in [3.63, 3.8) is 0 Å². The minimum Gasteiger partial charge on any atom is -0.496 e. The van der Waals surface area contributed by atoms with Crippen LogP contribution in [-0.2, 0) is 0 Å². The molecular formula is C15H15BrO2S. The number of benzene rings is 2. The molecule has 0 heterocycles. The van der Waals surface area contributed by atoms with Crippen LogP contribution in [0.1, 0.15) is 18.6 Å². The van der Waals surface area contributed by atoms with Crippen LogP contribution < -0.4 is 4.74 Å². The third-order valence-corrected chi connectivity index (χ3v) is 4.34. The van der Waals surface area contributed by atoms with Crippen LogP contribution in [-0.4, -0.2) is 12.2 Å². The fourth-order valence-electron chi connectivity index (χ4n) is 1.76. The Kier molecular flexibility index (Phi) is 4.91. The molecule has 1 atom stereocenters. The Balaban J connectivity index is 2.39. The lowest BCUT2D eigenvalue weighted by Crippen LogP contribution is -1.94. The Morgan fingerprint density at radius 1 is 1.16 bits per heavy atom. The second-order valence-electron chi connectivity index (χ2n) is 4.11. The highest BCUT2D eigenvalue weighted by Gasteiger charge is 2.12. The summed E-state index contributed by atoms with van der Waals surface area (Å²) in [5, 5.41) is 9.84. The van der Waals surface area contributed by atoms with Gasteiger partial charge in [0, 0.05) is 9.37 Å². The van der Waals surface area contributed by atoms with E-state index in [1.165, 1.54) is 0 Å². The monoisotopic (exact) mass is 338 g/mol. The van der Waals surface area contributed by atoms with Gasteiger partial charge in [0.05, 0.1) is 18.1 Å². The number of aliphatic hydroxyl groups excluding tert-OH is 1. The van der Waals surface area contributed by atoms with Crippen molar-refractivity contribution in [3.8, 4) is 5.75 Å². The van der Waals surface area contributed by atoms with Gasteiger partial charge in [-0.1, -0.05) is 45.9 Å². The zero-order valence-corrected chi connectivity index (χ0v) is 13.2. The molecule has 100 valence electrons. The van der Waals surface area contributed by atoms with Crippen LogP contribution in [0.25, 0.3) is 0 Å². The van der Waals surface area contributed by atoms with E-state index in [-0.39, 0.29) is 0 Å². The summed E-state index contributed by atoms with van der Waals surface area (Å²) in [6.45, 7) is 1.77. The van der Waals surface area contributed by atoms with Gasteiger partial charge < -0.3 is 9.84 Å². The molecule has 2 rings (SSSR count). The summed E-state index contributed by atoms with van der Waals surface area (Å²) < 4.78 is 6.35. The van der Waals surface area contributed by atoms with Crippen LogP contribution in [0.5, 0.6) is 5.75 Å². The molecule has 1 N–H and O–H groups in total. The minimum atomic E-state index is -0.495. The Labute approximate surface area is 125 Å². The topological polar surface area (TPSA) is 29.5 Å². The average molecular weight is 339 g/mol. The summed E-state index contributed by atoms with van der Waals surface area (Å²) in [4.78, 5) is 2.05. The van der Waals surface area contributed by atoms with Crippen LogP contribution in [0.4, 0.5) is 0 Å². The molecule has 19 heavy (non-hydrogen) atoms. The maximum atomic E-state index is 9.84. The predicted molar refractivity (Wildman–Crippen MR) is 81.9 cm³/mol. The third-order valence-electron chi connectivity index (χ3n) is 2.71. The summed E-state index contributed by atoms with van der Waals surface area (Å²) in [5.74, 6) is 0.837. The van der Waals surface area contributed by atoms with Gasteiger partial charge in [-0.15, -0.1) is 0 Å². The van der Waals surface area contributed by atoms with E-state index >= 15 is 0 Å². The molecule has 0 aromatic heterocycles. The molecule has 0 aliphatic carbocycles. The van der Waals surface area contributed by atoms with Gasteiger partial charge in [-0.2, -0.15) is 0 Å². The third kappa shape index (κ3) is 3.53. The summed E-state index contributed by atoms with van der Waals surface area (Å²) in [7, 11) is 1.66. The van der Waals surface area contributed by atoms with Gasteiger partial charge in [-0.25, -0.2) is 0 Å².